The topological polar surface area (TPSA) is 119 Å². The minimum absolute atomic E-state index is 0.113. The van der Waals surface area contributed by atoms with Gasteiger partial charge in [-0.3, -0.25) is 9.59 Å². The largest absolute Gasteiger partial charge is 0.452 e. The fourth-order valence-corrected chi connectivity index (χ4v) is 4.45. The average molecular weight is 407 g/mol. The fourth-order valence-electron chi connectivity index (χ4n) is 3.16. The molecule has 0 saturated carbocycles. The van der Waals surface area contributed by atoms with Gasteiger partial charge in [-0.2, -0.15) is 4.72 Å². The lowest BCUT2D eigenvalue weighted by Crippen LogP contribution is -2.41. The molecule has 0 bridgehead atoms. The molecule has 1 aliphatic heterocycles. The number of aryl methyl sites for hydroxylation is 2. The Morgan fingerprint density at radius 1 is 1.32 bits per heavy atom. The molecule has 0 aliphatic carbocycles. The highest BCUT2D eigenvalue weighted by Gasteiger charge is 2.30. The highest BCUT2D eigenvalue weighted by Crippen LogP contribution is 2.28. The molecule has 3 rings (SSSR count). The molecule has 0 saturated heterocycles. The van der Waals surface area contributed by atoms with E-state index in [1.54, 1.807) is 4.90 Å². The third-order valence-electron chi connectivity index (χ3n) is 4.45. The molecule has 2 heterocycles. The van der Waals surface area contributed by atoms with E-state index >= 15 is 0 Å². The van der Waals surface area contributed by atoms with Gasteiger partial charge in [0.25, 0.3) is 5.91 Å². The van der Waals surface area contributed by atoms with E-state index in [-0.39, 0.29) is 22.3 Å². The number of sulfonamides is 1. The maximum atomic E-state index is 12.6. The van der Waals surface area contributed by atoms with Gasteiger partial charge < -0.3 is 14.2 Å². The van der Waals surface area contributed by atoms with Crippen LogP contribution in [0, 0.1) is 13.8 Å². The maximum absolute atomic E-state index is 12.6. The summed E-state index contributed by atoms with van der Waals surface area (Å²) in [6.07, 6.45) is -0.304. The van der Waals surface area contributed by atoms with E-state index in [1.807, 2.05) is 24.3 Å². The van der Waals surface area contributed by atoms with Crippen molar-refractivity contribution in [3.05, 3.63) is 41.3 Å². The van der Waals surface area contributed by atoms with Crippen LogP contribution in [0.4, 0.5) is 5.69 Å². The zero-order valence-electron chi connectivity index (χ0n) is 15.8. The first kappa shape index (κ1) is 20.0. The number of fused-ring (bicyclic) bond motifs is 1. The molecule has 1 aliphatic rings. The maximum Gasteiger partial charge on any atom is 0.321 e. The van der Waals surface area contributed by atoms with Crippen molar-refractivity contribution in [2.24, 2.45) is 0 Å². The van der Waals surface area contributed by atoms with Gasteiger partial charge in [-0.1, -0.05) is 23.4 Å². The lowest BCUT2D eigenvalue weighted by Gasteiger charge is -2.21. The molecule has 9 nitrogen and oxygen atoms in total. The van der Waals surface area contributed by atoms with Crippen LogP contribution in [0.2, 0.25) is 0 Å². The first-order chi connectivity index (χ1) is 13.2. The minimum atomic E-state index is -3.99. The molecule has 0 fully saturated rings. The molecule has 0 radical (unpaired) electrons. The number of para-hydroxylation sites is 1. The van der Waals surface area contributed by atoms with Crippen molar-refractivity contribution in [1.82, 2.24) is 9.88 Å². The number of aromatic nitrogens is 1. The number of hydrogen-bond acceptors (Lipinski definition) is 7. The number of amides is 1. The quantitative estimate of drug-likeness (QED) is 0.712. The summed E-state index contributed by atoms with van der Waals surface area (Å²) in [6, 6.07) is 7.53. The molecule has 10 heteroatoms. The number of benzene rings is 1. The summed E-state index contributed by atoms with van der Waals surface area (Å²) in [5, 5.41) is 3.58. The minimum Gasteiger partial charge on any atom is -0.452 e. The van der Waals surface area contributed by atoms with Gasteiger partial charge in [0.1, 0.15) is 17.1 Å². The molecule has 0 spiro atoms. The standard InChI is InChI=1S/C18H21N3O6S/c1-11-17(12(2)27-20-11)28(24,25)19-10-16(22)26-13(3)18(23)21-9-8-14-6-4-5-7-15(14)21/h4-7,13,19H,8-10H2,1-3H3/t13-/m0/s1. The van der Waals surface area contributed by atoms with Crippen molar-refractivity contribution in [3.63, 3.8) is 0 Å². The Bertz CT molecular complexity index is 995. The molecular weight excluding hydrogens is 386 g/mol. The summed E-state index contributed by atoms with van der Waals surface area (Å²) >= 11 is 0. The second kappa shape index (κ2) is 7.72. The molecule has 150 valence electrons. The Hall–Kier alpha value is -2.72. The van der Waals surface area contributed by atoms with Gasteiger partial charge in [0, 0.05) is 12.2 Å². The smallest absolute Gasteiger partial charge is 0.321 e. The van der Waals surface area contributed by atoms with Crippen molar-refractivity contribution < 1.29 is 27.3 Å². The molecule has 1 aromatic carbocycles. The van der Waals surface area contributed by atoms with Crippen LogP contribution in [0.1, 0.15) is 23.9 Å². The van der Waals surface area contributed by atoms with Gasteiger partial charge in [0.15, 0.2) is 11.9 Å². The Morgan fingerprint density at radius 2 is 2.04 bits per heavy atom. The first-order valence-electron chi connectivity index (χ1n) is 8.72. The molecule has 1 atom stereocenters. The van der Waals surface area contributed by atoms with Gasteiger partial charge in [-0.05, 0) is 38.8 Å². The van der Waals surface area contributed by atoms with Crippen LogP contribution in [0.25, 0.3) is 0 Å². The van der Waals surface area contributed by atoms with Gasteiger partial charge in [-0.15, -0.1) is 0 Å². The Kier molecular flexibility index (Phi) is 5.52. The SMILES string of the molecule is Cc1noc(C)c1S(=O)(=O)NCC(=O)O[C@@H](C)C(=O)N1CCc2ccccc21. The second-order valence-corrected chi connectivity index (χ2v) is 8.18. The van der Waals surface area contributed by atoms with Crippen LogP contribution in [0.5, 0.6) is 0 Å². The van der Waals surface area contributed by atoms with Crippen molar-refractivity contribution in [2.45, 2.75) is 38.2 Å². The molecule has 1 aromatic heterocycles. The van der Waals surface area contributed by atoms with E-state index in [2.05, 4.69) is 9.88 Å². The summed E-state index contributed by atoms with van der Waals surface area (Å²) in [4.78, 5) is 26.1. The summed E-state index contributed by atoms with van der Waals surface area (Å²) in [5.41, 5.74) is 2.05. The van der Waals surface area contributed by atoms with E-state index < -0.39 is 28.6 Å². The van der Waals surface area contributed by atoms with Crippen molar-refractivity contribution in [1.29, 1.82) is 0 Å². The second-order valence-electron chi connectivity index (χ2n) is 6.48. The van der Waals surface area contributed by atoms with Crippen molar-refractivity contribution >= 4 is 27.6 Å². The molecule has 1 N–H and O–H groups in total. The number of nitrogens with one attached hydrogen (secondary N) is 1. The van der Waals surface area contributed by atoms with Crippen LogP contribution in [-0.2, 0) is 30.8 Å². The molecule has 1 amide bonds. The number of esters is 1. The van der Waals surface area contributed by atoms with Gasteiger partial charge in [-0.25, -0.2) is 8.42 Å². The van der Waals surface area contributed by atoms with E-state index in [0.717, 1.165) is 17.7 Å². The Balaban J connectivity index is 1.59. The number of carbonyl (C=O) groups excluding carboxylic acids is 2. The summed E-state index contributed by atoms with van der Waals surface area (Å²) in [6.45, 7) is 4.31. The summed E-state index contributed by atoms with van der Waals surface area (Å²) in [7, 11) is -3.99. The normalized spacial score (nSPS) is 14.6. The van der Waals surface area contributed by atoms with E-state index in [0.29, 0.717) is 6.54 Å². The number of hydrogen-bond donors (Lipinski definition) is 1. The van der Waals surface area contributed by atoms with Gasteiger partial charge >= 0.3 is 5.97 Å². The fraction of sp³-hybridized carbons (Fsp3) is 0.389. The average Bonchev–Trinajstić information content (AvgIpc) is 3.23. The van der Waals surface area contributed by atoms with Crippen LogP contribution >= 0.6 is 0 Å². The lowest BCUT2D eigenvalue weighted by molar-refractivity contribution is -0.152. The summed E-state index contributed by atoms with van der Waals surface area (Å²) < 4.78 is 36.7. The summed E-state index contributed by atoms with van der Waals surface area (Å²) in [5.74, 6) is -1.09. The molecular formula is C18H21N3O6S. The van der Waals surface area contributed by atoms with E-state index in [1.165, 1.54) is 20.8 Å². The highest BCUT2D eigenvalue weighted by molar-refractivity contribution is 7.89. The first-order valence-corrected chi connectivity index (χ1v) is 10.2. The number of carbonyl (C=O) groups is 2. The van der Waals surface area contributed by atoms with Crippen LogP contribution in [-0.4, -0.2) is 44.6 Å². The number of rotatable bonds is 6. The predicted molar refractivity (Wildman–Crippen MR) is 99.2 cm³/mol. The zero-order chi connectivity index (χ0) is 20.5. The van der Waals surface area contributed by atoms with Crippen LogP contribution in [0.15, 0.2) is 33.7 Å². The van der Waals surface area contributed by atoms with Crippen LogP contribution in [0.3, 0.4) is 0 Å². The van der Waals surface area contributed by atoms with E-state index in [9.17, 15) is 18.0 Å². The number of anilines is 1. The lowest BCUT2D eigenvalue weighted by atomic mass is 10.2. The monoisotopic (exact) mass is 407 g/mol. The van der Waals surface area contributed by atoms with Crippen molar-refractivity contribution in [3.8, 4) is 0 Å². The Morgan fingerprint density at radius 3 is 2.71 bits per heavy atom. The molecule has 28 heavy (non-hydrogen) atoms. The number of nitrogens with zero attached hydrogens (tertiary/aromatic N) is 2. The third-order valence-corrected chi connectivity index (χ3v) is 6.10. The zero-order valence-corrected chi connectivity index (χ0v) is 16.6. The van der Waals surface area contributed by atoms with E-state index in [4.69, 9.17) is 9.26 Å². The predicted octanol–water partition coefficient (Wildman–Crippen LogP) is 1.09. The van der Waals surface area contributed by atoms with Gasteiger partial charge in [0.2, 0.25) is 10.0 Å². The third kappa shape index (κ3) is 3.92. The van der Waals surface area contributed by atoms with Crippen LogP contribution < -0.4 is 9.62 Å². The number of ether oxygens (including phenoxy) is 1. The molecule has 2 aromatic rings. The highest BCUT2D eigenvalue weighted by atomic mass is 32.2. The molecule has 0 unspecified atom stereocenters. The Labute approximate surface area is 162 Å². The van der Waals surface area contributed by atoms with Crippen molar-refractivity contribution in [2.75, 3.05) is 18.0 Å². The van der Waals surface area contributed by atoms with Gasteiger partial charge in [0.05, 0.1) is 0 Å².